The lowest BCUT2D eigenvalue weighted by Crippen LogP contribution is -2.10. The van der Waals surface area contributed by atoms with Crippen LogP contribution in [0.1, 0.15) is 35.9 Å². The number of hydrogen-bond donors (Lipinski definition) is 0. The lowest BCUT2D eigenvalue weighted by atomic mass is 9.87. The smallest absolute Gasteiger partial charge is 0.191 e. The number of rotatable bonds is 5. The first-order valence-electron chi connectivity index (χ1n) is 8.78. The molecule has 0 radical (unpaired) electrons. The molecule has 3 aromatic rings. The van der Waals surface area contributed by atoms with Gasteiger partial charge in [-0.05, 0) is 48.9 Å². The van der Waals surface area contributed by atoms with E-state index in [1.54, 1.807) is 16.6 Å². The van der Waals surface area contributed by atoms with Gasteiger partial charge < -0.3 is 4.57 Å². The van der Waals surface area contributed by atoms with Crippen LogP contribution >= 0.6 is 23.1 Å². The molecule has 0 bridgehead atoms. The average Bonchev–Trinajstić information content (AvgIpc) is 3.23. The number of nitrogens with zero attached hydrogens (tertiary/aromatic N) is 4. The summed E-state index contributed by atoms with van der Waals surface area (Å²) < 4.78 is 2.11. The van der Waals surface area contributed by atoms with Crippen molar-refractivity contribution in [2.45, 2.75) is 43.5 Å². The van der Waals surface area contributed by atoms with E-state index in [4.69, 9.17) is 0 Å². The first kappa shape index (κ1) is 16.8. The molecule has 0 aromatic carbocycles. The van der Waals surface area contributed by atoms with E-state index in [9.17, 15) is 0 Å². The minimum atomic E-state index is 0.811. The molecule has 0 fully saturated rings. The van der Waals surface area contributed by atoms with Gasteiger partial charge in [0.05, 0.1) is 10.6 Å². The van der Waals surface area contributed by atoms with Crippen LogP contribution in [0.15, 0.2) is 35.6 Å². The maximum absolute atomic E-state index is 4.46. The Bertz CT molecular complexity index is 854. The van der Waals surface area contributed by atoms with Crippen LogP contribution in [-0.4, -0.2) is 19.7 Å². The molecule has 3 heterocycles. The number of thioether (sulfide) groups is 1. The van der Waals surface area contributed by atoms with Crippen molar-refractivity contribution in [2.75, 3.05) is 0 Å². The Labute approximate surface area is 156 Å². The third-order valence-electron chi connectivity index (χ3n) is 4.89. The highest BCUT2D eigenvalue weighted by atomic mass is 32.2. The Hall–Kier alpha value is -1.66. The Balaban J connectivity index is 1.52. The molecule has 1 atom stereocenters. The molecule has 4 nitrogen and oxygen atoms in total. The SMILES string of the molecule is CCC1CCc2sc(-c3nnc(SCc4ccccn4)n3C)cc2C1. The highest BCUT2D eigenvalue weighted by Gasteiger charge is 2.22. The molecule has 0 N–H and O–H groups in total. The van der Waals surface area contributed by atoms with Crippen molar-refractivity contribution in [3.05, 3.63) is 46.6 Å². The molecule has 0 saturated heterocycles. The van der Waals surface area contributed by atoms with E-state index in [1.807, 2.05) is 35.7 Å². The molecule has 1 unspecified atom stereocenters. The van der Waals surface area contributed by atoms with Crippen molar-refractivity contribution in [3.63, 3.8) is 0 Å². The largest absolute Gasteiger partial charge is 0.304 e. The highest BCUT2D eigenvalue weighted by molar-refractivity contribution is 7.98. The fraction of sp³-hybridized carbons (Fsp3) is 0.421. The van der Waals surface area contributed by atoms with Gasteiger partial charge in [-0.25, -0.2) is 0 Å². The molecule has 0 amide bonds. The number of aryl methyl sites for hydroxylation is 1. The van der Waals surface area contributed by atoms with E-state index in [0.717, 1.165) is 28.3 Å². The quantitative estimate of drug-likeness (QED) is 0.608. The molecule has 25 heavy (non-hydrogen) atoms. The number of fused-ring (bicyclic) bond motifs is 1. The fourth-order valence-corrected chi connectivity index (χ4v) is 5.39. The minimum absolute atomic E-state index is 0.811. The van der Waals surface area contributed by atoms with Crippen LogP contribution in [0.25, 0.3) is 10.7 Å². The predicted octanol–water partition coefficient (Wildman–Crippen LogP) is 4.75. The molecule has 6 heteroatoms. The van der Waals surface area contributed by atoms with Gasteiger partial charge in [0, 0.05) is 23.9 Å². The standard InChI is InChI=1S/C19H22N4S2/c1-3-13-7-8-16-14(10-13)11-17(25-16)18-21-22-19(23(18)2)24-12-15-6-4-5-9-20-15/h4-6,9,11,13H,3,7-8,10,12H2,1-2H3. The van der Waals surface area contributed by atoms with Crippen molar-refractivity contribution in [1.82, 2.24) is 19.7 Å². The van der Waals surface area contributed by atoms with Crippen molar-refractivity contribution in [1.29, 1.82) is 0 Å². The average molecular weight is 371 g/mol. The second-order valence-electron chi connectivity index (χ2n) is 6.55. The summed E-state index contributed by atoms with van der Waals surface area (Å²) in [6.07, 6.45) is 6.88. The van der Waals surface area contributed by atoms with E-state index in [0.29, 0.717) is 0 Å². The van der Waals surface area contributed by atoms with Crippen molar-refractivity contribution in [2.24, 2.45) is 13.0 Å². The van der Waals surface area contributed by atoms with Gasteiger partial charge in [0.25, 0.3) is 0 Å². The molecule has 1 aliphatic rings. The monoisotopic (exact) mass is 370 g/mol. The summed E-state index contributed by atoms with van der Waals surface area (Å²) in [5.41, 5.74) is 2.60. The Kier molecular flexibility index (Phi) is 4.90. The van der Waals surface area contributed by atoms with Gasteiger partial charge in [-0.3, -0.25) is 4.98 Å². The maximum Gasteiger partial charge on any atom is 0.191 e. The summed E-state index contributed by atoms with van der Waals surface area (Å²) in [5, 5.41) is 9.81. The zero-order valence-corrected chi connectivity index (χ0v) is 16.2. The highest BCUT2D eigenvalue weighted by Crippen LogP contribution is 2.38. The molecule has 0 saturated carbocycles. The lowest BCUT2D eigenvalue weighted by Gasteiger charge is -2.19. The van der Waals surface area contributed by atoms with Crippen molar-refractivity contribution < 1.29 is 0 Å². The zero-order valence-electron chi connectivity index (χ0n) is 14.6. The first-order chi connectivity index (χ1) is 12.2. The molecule has 3 aromatic heterocycles. The number of thiophene rings is 1. The van der Waals surface area contributed by atoms with Crippen LogP contribution < -0.4 is 0 Å². The number of aromatic nitrogens is 4. The minimum Gasteiger partial charge on any atom is -0.304 e. The van der Waals surface area contributed by atoms with Crippen molar-refractivity contribution >= 4 is 23.1 Å². The summed E-state index contributed by atoms with van der Waals surface area (Å²) in [5.74, 6) is 2.64. The Morgan fingerprint density at radius 2 is 2.24 bits per heavy atom. The van der Waals surface area contributed by atoms with Gasteiger partial charge in [-0.2, -0.15) is 0 Å². The van der Waals surface area contributed by atoms with E-state index >= 15 is 0 Å². The second kappa shape index (κ2) is 7.30. The van der Waals surface area contributed by atoms with Gasteiger partial charge in [0.2, 0.25) is 0 Å². The zero-order chi connectivity index (χ0) is 17.2. The van der Waals surface area contributed by atoms with Gasteiger partial charge in [0.1, 0.15) is 0 Å². The Morgan fingerprint density at radius 1 is 1.32 bits per heavy atom. The predicted molar refractivity (Wildman–Crippen MR) is 104 cm³/mol. The third kappa shape index (κ3) is 3.51. The molecule has 130 valence electrons. The molecular weight excluding hydrogens is 348 g/mol. The van der Waals surface area contributed by atoms with Gasteiger partial charge >= 0.3 is 0 Å². The van der Waals surface area contributed by atoms with Crippen LogP contribution in [-0.2, 0) is 25.6 Å². The van der Waals surface area contributed by atoms with E-state index < -0.39 is 0 Å². The van der Waals surface area contributed by atoms with Crippen LogP contribution in [0.5, 0.6) is 0 Å². The maximum atomic E-state index is 4.46. The number of pyridine rings is 1. The molecule has 0 aliphatic heterocycles. The lowest BCUT2D eigenvalue weighted by molar-refractivity contribution is 0.449. The summed E-state index contributed by atoms with van der Waals surface area (Å²) in [7, 11) is 2.06. The topological polar surface area (TPSA) is 43.6 Å². The fourth-order valence-electron chi connectivity index (χ4n) is 3.33. The van der Waals surface area contributed by atoms with E-state index in [1.165, 1.54) is 36.1 Å². The Morgan fingerprint density at radius 3 is 3.04 bits per heavy atom. The first-order valence-corrected chi connectivity index (χ1v) is 10.6. The normalized spacial score (nSPS) is 16.8. The van der Waals surface area contributed by atoms with E-state index in [2.05, 4.69) is 39.8 Å². The van der Waals surface area contributed by atoms with Crippen molar-refractivity contribution in [3.8, 4) is 10.7 Å². The summed E-state index contributed by atoms with van der Waals surface area (Å²) in [4.78, 5) is 7.17. The molecule has 0 spiro atoms. The summed E-state index contributed by atoms with van der Waals surface area (Å²) in [6, 6.07) is 8.35. The van der Waals surface area contributed by atoms with E-state index in [-0.39, 0.29) is 0 Å². The van der Waals surface area contributed by atoms with Gasteiger partial charge in [-0.15, -0.1) is 21.5 Å². The molecule has 1 aliphatic carbocycles. The number of hydrogen-bond acceptors (Lipinski definition) is 5. The van der Waals surface area contributed by atoms with Crippen LogP contribution in [0.4, 0.5) is 0 Å². The molecular formula is C19H22N4S2. The third-order valence-corrected chi connectivity index (χ3v) is 7.18. The van der Waals surface area contributed by atoms with Crippen LogP contribution in [0.2, 0.25) is 0 Å². The second-order valence-corrected chi connectivity index (χ2v) is 8.63. The van der Waals surface area contributed by atoms with Crippen LogP contribution in [0, 0.1) is 5.92 Å². The molecule has 4 rings (SSSR count). The van der Waals surface area contributed by atoms with Gasteiger partial charge in [-0.1, -0.05) is 31.2 Å². The van der Waals surface area contributed by atoms with Gasteiger partial charge in [0.15, 0.2) is 11.0 Å². The summed E-state index contributed by atoms with van der Waals surface area (Å²) in [6.45, 7) is 2.30. The summed E-state index contributed by atoms with van der Waals surface area (Å²) >= 11 is 3.58. The van der Waals surface area contributed by atoms with Crippen LogP contribution in [0.3, 0.4) is 0 Å².